The SMILES string of the molecule is Cc1cccc(C)c1C(C(=O)NC1CCCCC1)N(C(=O)CNC(=O)OC(C)(C)C)C1CCC1. The minimum Gasteiger partial charge on any atom is -0.444 e. The van der Waals surface area contributed by atoms with Crippen molar-refractivity contribution in [2.75, 3.05) is 6.54 Å². The predicted octanol–water partition coefficient (Wildman–Crippen LogP) is 4.70. The molecule has 2 N–H and O–H groups in total. The molecule has 1 unspecified atom stereocenters. The van der Waals surface area contributed by atoms with Gasteiger partial charge in [-0.3, -0.25) is 9.59 Å². The van der Waals surface area contributed by atoms with E-state index in [1.807, 2.05) is 32.0 Å². The molecule has 0 heterocycles. The summed E-state index contributed by atoms with van der Waals surface area (Å²) >= 11 is 0. The number of nitrogens with zero attached hydrogens (tertiary/aromatic N) is 1. The van der Waals surface area contributed by atoms with Gasteiger partial charge in [0.2, 0.25) is 11.8 Å². The Kier molecular flexibility index (Phi) is 8.61. The van der Waals surface area contributed by atoms with Gasteiger partial charge < -0.3 is 20.3 Å². The van der Waals surface area contributed by atoms with E-state index < -0.39 is 17.7 Å². The van der Waals surface area contributed by atoms with Crippen molar-refractivity contribution < 1.29 is 19.1 Å². The van der Waals surface area contributed by atoms with E-state index in [-0.39, 0.29) is 30.4 Å². The van der Waals surface area contributed by atoms with Gasteiger partial charge in [0.25, 0.3) is 0 Å². The summed E-state index contributed by atoms with van der Waals surface area (Å²) in [6.45, 7) is 9.12. The average molecular weight is 472 g/mol. The highest BCUT2D eigenvalue weighted by Crippen LogP contribution is 2.36. The summed E-state index contributed by atoms with van der Waals surface area (Å²) in [5.41, 5.74) is 2.21. The maximum atomic E-state index is 13.8. The minimum atomic E-state index is -0.721. The maximum Gasteiger partial charge on any atom is 0.408 e. The number of amides is 3. The molecule has 2 aliphatic carbocycles. The lowest BCUT2D eigenvalue weighted by molar-refractivity contribution is -0.145. The molecule has 2 aliphatic rings. The number of rotatable bonds is 7. The van der Waals surface area contributed by atoms with Gasteiger partial charge in [-0.15, -0.1) is 0 Å². The molecule has 2 saturated carbocycles. The molecule has 7 heteroatoms. The van der Waals surface area contributed by atoms with Crippen molar-refractivity contribution >= 4 is 17.9 Å². The third-order valence-corrected chi connectivity index (χ3v) is 6.83. The fourth-order valence-corrected chi connectivity index (χ4v) is 4.96. The molecular weight excluding hydrogens is 430 g/mol. The molecule has 0 spiro atoms. The fourth-order valence-electron chi connectivity index (χ4n) is 4.96. The number of hydrogen-bond donors (Lipinski definition) is 2. The van der Waals surface area contributed by atoms with Gasteiger partial charge in [0.1, 0.15) is 18.2 Å². The van der Waals surface area contributed by atoms with Crippen LogP contribution in [0.4, 0.5) is 4.79 Å². The summed E-state index contributed by atoms with van der Waals surface area (Å²) in [4.78, 5) is 41.3. The van der Waals surface area contributed by atoms with Gasteiger partial charge in [-0.25, -0.2) is 4.79 Å². The molecule has 188 valence electrons. The maximum absolute atomic E-state index is 13.8. The van der Waals surface area contributed by atoms with Gasteiger partial charge in [0.15, 0.2) is 0 Å². The number of benzene rings is 1. The highest BCUT2D eigenvalue weighted by Gasteiger charge is 2.40. The number of carbonyl (C=O) groups is 3. The smallest absolute Gasteiger partial charge is 0.408 e. The molecule has 1 aromatic carbocycles. The summed E-state index contributed by atoms with van der Waals surface area (Å²) in [6.07, 6.45) is 7.49. The Balaban J connectivity index is 1.88. The molecule has 0 aromatic heterocycles. The van der Waals surface area contributed by atoms with E-state index in [1.54, 1.807) is 25.7 Å². The molecule has 0 bridgehead atoms. The molecule has 2 fully saturated rings. The Bertz CT molecular complexity index is 862. The Morgan fingerprint density at radius 1 is 1.00 bits per heavy atom. The largest absolute Gasteiger partial charge is 0.444 e. The van der Waals surface area contributed by atoms with Gasteiger partial charge >= 0.3 is 6.09 Å². The molecule has 0 saturated heterocycles. The lowest BCUT2D eigenvalue weighted by Gasteiger charge is -2.43. The molecule has 7 nitrogen and oxygen atoms in total. The summed E-state index contributed by atoms with van der Waals surface area (Å²) in [5.74, 6) is -0.385. The molecular formula is C27H41N3O4. The van der Waals surface area contributed by atoms with E-state index >= 15 is 0 Å². The number of nitrogens with one attached hydrogen (secondary N) is 2. The van der Waals surface area contributed by atoms with Crippen molar-refractivity contribution in [3.63, 3.8) is 0 Å². The van der Waals surface area contributed by atoms with Crippen molar-refractivity contribution in [1.29, 1.82) is 0 Å². The Labute approximate surface area is 204 Å². The van der Waals surface area contributed by atoms with E-state index in [2.05, 4.69) is 10.6 Å². The highest BCUT2D eigenvalue weighted by molar-refractivity contribution is 5.91. The zero-order valence-corrected chi connectivity index (χ0v) is 21.4. The van der Waals surface area contributed by atoms with Crippen LogP contribution in [0.1, 0.15) is 94.9 Å². The van der Waals surface area contributed by atoms with Gasteiger partial charge in [0.05, 0.1) is 0 Å². The van der Waals surface area contributed by atoms with Crippen molar-refractivity contribution in [3.8, 4) is 0 Å². The number of ether oxygens (including phenoxy) is 1. The molecule has 3 rings (SSSR count). The van der Waals surface area contributed by atoms with Crippen LogP contribution in [0.15, 0.2) is 18.2 Å². The first-order valence-corrected chi connectivity index (χ1v) is 12.7. The van der Waals surface area contributed by atoms with Crippen molar-refractivity contribution in [2.24, 2.45) is 0 Å². The number of alkyl carbamates (subject to hydrolysis) is 1. The third kappa shape index (κ3) is 6.73. The molecule has 0 aliphatic heterocycles. The van der Waals surface area contributed by atoms with Gasteiger partial charge in [-0.05, 0) is 83.4 Å². The Morgan fingerprint density at radius 3 is 2.15 bits per heavy atom. The topological polar surface area (TPSA) is 87.7 Å². The first-order chi connectivity index (χ1) is 16.1. The highest BCUT2D eigenvalue weighted by atomic mass is 16.6. The number of aryl methyl sites for hydroxylation is 2. The Hall–Kier alpha value is -2.57. The van der Waals surface area contributed by atoms with Crippen molar-refractivity contribution in [2.45, 2.75) is 110 Å². The normalized spacial score (nSPS) is 17.9. The molecule has 1 aromatic rings. The molecule has 3 amide bonds. The molecule has 0 radical (unpaired) electrons. The Morgan fingerprint density at radius 2 is 1.62 bits per heavy atom. The van der Waals surface area contributed by atoms with Crippen LogP contribution < -0.4 is 10.6 Å². The van der Waals surface area contributed by atoms with E-state index in [1.165, 1.54) is 6.42 Å². The average Bonchev–Trinajstić information content (AvgIpc) is 2.71. The lowest BCUT2D eigenvalue weighted by atomic mass is 9.86. The standard InChI is InChI=1S/C27H41N3O4/c1-18-11-9-12-19(2)23(18)24(25(32)29-20-13-7-6-8-14-20)30(21-15-10-16-21)22(31)17-28-26(33)34-27(3,4)5/h9,11-12,20-21,24H,6-8,10,13-17H2,1-5H3,(H,28,33)(H,29,32). The zero-order chi connectivity index (χ0) is 24.9. The van der Waals surface area contributed by atoms with Crippen LogP contribution in [0.2, 0.25) is 0 Å². The van der Waals surface area contributed by atoms with E-state index in [0.717, 1.165) is 61.6 Å². The van der Waals surface area contributed by atoms with Crippen LogP contribution in [0.5, 0.6) is 0 Å². The van der Waals surface area contributed by atoms with Gasteiger partial charge in [-0.2, -0.15) is 0 Å². The van der Waals surface area contributed by atoms with Crippen LogP contribution in [-0.2, 0) is 14.3 Å². The summed E-state index contributed by atoms with van der Waals surface area (Å²) < 4.78 is 5.30. The van der Waals surface area contributed by atoms with Crippen LogP contribution in [0.3, 0.4) is 0 Å². The second-order valence-corrected chi connectivity index (χ2v) is 10.8. The second-order valence-electron chi connectivity index (χ2n) is 10.8. The first-order valence-electron chi connectivity index (χ1n) is 12.7. The summed E-state index contributed by atoms with van der Waals surface area (Å²) in [7, 11) is 0. The van der Waals surface area contributed by atoms with Gasteiger partial charge in [-0.1, -0.05) is 37.5 Å². The first kappa shape index (κ1) is 26.0. The zero-order valence-electron chi connectivity index (χ0n) is 21.4. The lowest BCUT2D eigenvalue weighted by Crippen LogP contribution is -2.55. The van der Waals surface area contributed by atoms with Crippen LogP contribution in [-0.4, -0.2) is 47.0 Å². The van der Waals surface area contributed by atoms with Crippen LogP contribution >= 0.6 is 0 Å². The van der Waals surface area contributed by atoms with Crippen LogP contribution in [0.25, 0.3) is 0 Å². The quantitative estimate of drug-likeness (QED) is 0.603. The third-order valence-electron chi connectivity index (χ3n) is 6.83. The predicted molar refractivity (Wildman–Crippen MR) is 132 cm³/mol. The summed E-state index contributed by atoms with van der Waals surface area (Å²) in [6, 6.07) is 5.36. The van der Waals surface area contributed by atoms with Crippen molar-refractivity contribution in [1.82, 2.24) is 15.5 Å². The monoisotopic (exact) mass is 471 g/mol. The minimum absolute atomic E-state index is 0.0194. The number of carbonyl (C=O) groups excluding carboxylic acids is 3. The van der Waals surface area contributed by atoms with E-state index in [4.69, 9.17) is 4.74 Å². The second kappa shape index (κ2) is 11.2. The molecule has 1 atom stereocenters. The van der Waals surface area contributed by atoms with E-state index in [9.17, 15) is 14.4 Å². The summed E-state index contributed by atoms with van der Waals surface area (Å²) in [5, 5.41) is 5.86. The van der Waals surface area contributed by atoms with Crippen LogP contribution in [0, 0.1) is 13.8 Å². The van der Waals surface area contributed by atoms with E-state index in [0.29, 0.717) is 0 Å². The molecule has 34 heavy (non-hydrogen) atoms. The number of hydrogen-bond acceptors (Lipinski definition) is 4. The van der Waals surface area contributed by atoms with Crippen molar-refractivity contribution in [3.05, 3.63) is 34.9 Å². The fraction of sp³-hybridized carbons (Fsp3) is 0.667. The van der Waals surface area contributed by atoms with Gasteiger partial charge in [0, 0.05) is 12.1 Å².